The third kappa shape index (κ3) is 5.31. The van der Waals surface area contributed by atoms with Gasteiger partial charge in [-0.05, 0) is 30.2 Å². The van der Waals surface area contributed by atoms with Crippen LogP contribution in [0.4, 0.5) is 4.39 Å². The maximum absolute atomic E-state index is 13.6. The van der Waals surface area contributed by atoms with Crippen molar-refractivity contribution in [2.45, 2.75) is 19.4 Å². The normalized spacial score (nSPS) is 10.3. The van der Waals surface area contributed by atoms with E-state index in [9.17, 15) is 14.0 Å². The fraction of sp³-hybridized carbons (Fsp3) is 0.263. The molecule has 0 unspecified atom stereocenters. The van der Waals surface area contributed by atoms with Crippen LogP contribution in [-0.4, -0.2) is 35.5 Å². The number of rotatable bonds is 8. The van der Waals surface area contributed by atoms with E-state index >= 15 is 0 Å². The summed E-state index contributed by atoms with van der Waals surface area (Å²) in [6.45, 7) is 0.554. The molecule has 1 N–H and O–H groups in total. The highest BCUT2D eigenvalue weighted by Crippen LogP contribution is 2.22. The fourth-order valence-electron chi connectivity index (χ4n) is 2.50. The molecule has 25 heavy (non-hydrogen) atoms. The van der Waals surface area contributed by atoms with Gasteiger partial charge in [0.2, 0.25) is 0 Å². The lowest BCUT2D eigenvalue weighted by Crippen LogP contribution is -2.32. The highest BCUT2D eigenvalue weighted by molar-refractivity contribution is 5.97. The minimum Gasteiger partial charge on any atom is -0.496 e. The molecule has 132 valence electrons. The Balaban J connectivity index is 2.25. The van der Waals surface area contributed by atoms with E-state index in [0.29, 0.717) is 13.0 Å². The number of methoxy groups -OCH3 is 1. The largest absolute Gasteiger partial charge is 0.496 e. The van der Waals surface area contributed by atoms with Crippen molar-refractivity contribution in [1.82, 2.24) is 4.90 Å². The SMILES string of the molecule is COc1ccc(F)cc1C(=O)N(CCCC(=O)O)Cc1ccccc1. The van der Waals surface area contributed by atoms with Crippen molar-refractivity contribution in [2.75, 3.05) is 13.7 Å². The average molecular weight is 345 g/mol. The van der Waals surface area contributed by atoms with Gasteiger partial charge in [0.25, 0.3) is 5.91 Å². The van der Waals surface area contributed by atoms with E-state index in [-0.39, 0.29) is 24.3 Å². The number of carbonyl (C=O) groups excluding carboxylic acids is 1. The van der Waals surface area contributed by atoms with Gasteiger partial charge in [0.05, 0.1) is 12.7 Å². The summed E-state index contributed by atoms with van der Waals surface area (Å²) in [6, 6.07) is 13.1. The molecule has 0 saturated carbocycles. The zero-order valence-corrected chi connectivity index (χ0v) is 13.9. The van der Waals surface area contributed by atoms with Crippen LogP contribution in [0.15, 0.2) is 48.5 Å². The number of carbonyl (C=O) groups is 2. The van der Waals surface area contributed by atoms with E-state index in [0.717, 1.165) is 11.6 Å². The van der Waals surface area contributed by atoms with Crippen LogP contribution in [0.5, 0.6) is 5.75 Å². The van der Waals surface area contributed by atoms with Gasteiger partial charge >= 0.3 is 5.97 Å². The van der Waals surface area contributed by atoms with Crippen LogP contribution in [0.2, 0.25) is 0 Å². The molecule has 0 aromatic heterocycles. The van der Waals surface area contributed by atoms with Crippen LogP contribution in [-0.2, 0) is 11.3 Å². The van der Waals surface area contributed by atoms with Crippen molar-refractivity contribution >= 4 is 11.9 Å². The van der Waals surface area contributed by atoms with E-state index in [4.69, 9.17) is 9.84 Å². The zero-order valence-electron chi connectivity index (χ0n) is 13.9. The molecule has 0 spiro atoms. The van der Waals surface area contributed by atoms with Gasteiger partial charge in [0.15, 0.2) is 0 Å². The third-order valence-electron chi connectivity index (χ3n) is 3.71. The van der Waals surface area contributed by atoms with Crippen molar-refractivity contribution in [3.05, 3.63) is 65.5 Å². The van der Waals surface area contributed by atoms with Crippen LogP contribution in [0.25, 0.3) is 0 Å². The number of halogens is 1. The summed E-state index contributed by atoms with van der Waals surface area (Å²) < 4.78 is 18.7. The van der Waals surface area contributed by atoms with Crippen LogP contribution >= 0.6 is 0 Å². The Labute approximate surface area is 145 Å². The first-order valence-electron chi connectivity index (χ1n) is 7.90. The van der Waals surface area contributed by atoms with Gasteiger partial charge in [0, 0.05) is 19.5 Å². The summed E-state index contributed by atoms with van der Waals surface area (Å²) in [7, 11) is 1.41. The molecule has 2 aromatic rings. The summed E-state index contributed by atoms with van der Waals surface area (Å²) in [5.74, 6) is -1.57. The van der Waals surface area contributed by atoms with Gasteiger partial charge in [-0.25, -0.2) is 4.39 Å². The van der Waals surface area contributed by atoms with Crippen molar-refractivity contribution in [1.29, 1.82) is 0 Å². The molecule has 1 amide bonds. The van der Waals surface area contributed by atoms with Crippen LogP contribution in [0, 0.1) is 5.82 Å². The molecule has 0 atom stereocenters. The van der Waals surface area contributed by atoms with Crippen LogP contribution in [0.3, 0.4) is 0 Å². The van der Waals surface area contributed by atoms with Crippen LogP contribution in [0.1, 0.15) is 28.8 Å². The molecule has 5 nitrogen and oxygen atoms in total. The summed E-state index contributed by atoms with van der Waals surface area (Å²) >= 11 is 0. The first-order chi connectivity index (χ1) is 12.0. The maximum Gasteiger partial charge on any atom is 0.303 e. The Morgan fingerprint density at radius 3 is 2.52 bits per heavy atom. The lowest BCUT2D eigenvalue weighted by atomic mass is 10.1. The summed E-state index contributed by atoms with van der Waals surface area (Å²) in [5.41, 5.74) is 1.02. The molecule has 6 heteroatoms. The number of ether oxygens (including phenoxy) is 1. The molecule has 0 aliphatic rings. The van der Waals surface area contributed by atoms with Crippen molar-refractivity contribution < 1.29 is 23.8 Å². The Kier molecular flexibility index (Phi) is 6.51. The number of carboxylic acids is 1. The van der Waals surface area contributed by atoms with Crippen molar-refractivity contribution in [3.63, 3.8) is 0 Å². The molecule has 2 aromatic carbocycles. The second-order valence-electron chi connectivity index (χ2n) is 5.55. The highest BCUT2D eigenvalue weighted by atomic mass is 19.1. The molecule has 2 rings (SSSR count). The van der Waals surface area contributed by atoms with Gasteiger partial charge in [-0.3, -0.25) is 9.59 Å². The van der Waals surface area contributed by atoms with Gasteiger partial charge in [-0.15, -0.1) is 0 Å². The number of benzene rings is 2. The Hall–Kier alpha value is -2.89. The lowest BCUT2D eigenvalue weighted by Gasteiger charge is -2.23. The predicted octanol–water partition coefficient (Wildman–Crippen LogP) is 3.34. The van der Waals surface area contributed by atoms with E-state index in [1.807, 2.05) is 30.3 Å². The van der Waals surface area contributed by atoms with Gasteiger partial charge < -0.3 is 14.7 Å². The Bertz CT molecular complexity index is 733. The molecule has 0 heterocycles. The fourth-order valence-corrected chi connectivity index (χ4v) is 2.50. The summed E-state index contributed by atoms with van der Waals surface area (Å²) in [6.07, 6.45) is 0.268. The molecule has 0 saturated heterocycles. The summed E-state index contributed by atoms with van der Waals surface area (Å²) in [4.78, 5) is 25.1. The minimum atomic E-state index is -0.921. The third-order valence-corrected chi connectivity index (χ3v) is 3.71. The van der Waals surface area contributed by atoms with Crippen LogP contribution < -0.4 is 4.74 Å². The molecular weight excluding hydrogens is 325 g/mol. The van der Waals surface area contributed by atoms with Gasteiger partial charge in [-0.2, -0.15) is 0 Å². The molecule has 0 aliphatic carbocycles. The quantitative estimate of drug-likeness (QED) is 0.797. The monoisotopic (exact) mass is 345 g/mol. The Morgan fingerprint density at radius 2 is 1.88 bits per heavy atom. The molecule has 0 bridgehead atoms. The smallest absolute Gasteiger partial charge is 0.303 e. The molecule has 0 aliphatic heterocycles. The second kappa shape index (κ2) is 8.82. The van der Waals surface area contributed by atoms with Crippen molar-refractivity contribution in [2.24, 2.45) is 0 Å². The highest BCUT2D eigenvalue weighted by Gasteiger charge is 2.21. The first kappa shape index (κ1) is 18.4. The van der Waals surface area contributed by atoms with Crippen molar-refractivity contribution in [3.8, 4) is 5.75 Å². The number of hydrogen-bond donors (Lipinski definition) is 1. The van der Waals surface area contributed by atoms with E-state index in [1.165, 1.54) is 24.1 Å². The molecule has 0 fully saturated rings. The standard InChI is InChI=1S/C19H20FNO4/c1-25-17-10-9-15(20)12-16(17)19(24)21(11-5-8-18(22)23)13-14-6-3-2-4-7-14/h2-4,6-7,9-10,12H,5,8,11,13H2,1H3,(H,22,23). The van der Waals surface area contributed by atoms with Gasteiger partial charge in [0.1, 0.15) is 11.6 Å². The summed E-state index contributed by atoms with van der Waals surface area (Å²) in [5, 5.41) is 8.82. The minimum absolute atomic E-state index is 0.0428. The number of aliphatic carboxylic acids is 1. The number of nitrogens with zero attached hydrogens (tertiary/aromatic N) is 1. The van der Waals surface area contributed by atoms with E-state index in [2.05, 4.69) is 0 Å². The van der Waals surface area contributed by atoms with E-state index in [1.54, 1.807) is 0 Å². The predicted molar refractivity (Wildman–Crippen MR) is 91.0 cm³/mol. The average Bonchev–Trinajstić information content (AvgIpc) is 2.61. The van der Waals surface area contributed by atoms with Gasteiger partial charge in [-0.1, -0.05) is 30.3 Å². The number of amides is 1. The topological polar surface area (TPSA) is 66.8 Å². The lowest BCUT2D eigenvalue weighted by molar-refractivity contribution is -0.137. The second-order valence-corrected chi connectivity index (χ2v) is 5.55. The Morgan fingerprint density at radius 1 is 1.16 bits per heavy atom. The molecule has 0 radical (unpaired) electrons. The molecular formula is C19H20FNO4. The number of hydrogen-bond acceptors (Lipinski definition) is 3. The maximum atomic E-state index is 13.6. The zero-order chi connectivity index (χ0) is 18.2. The first-order valence-corrected chi connectivity index (χ1v) is 7.90. The van der Waals surface area contributed by atoms with E-state index < -0.39 is 17.7 Å². The number of carboxylic acid groups (broad SMARTS) is 1.